The molecule has 2 atom stereocenters. The molecule has 19 heavy (non-hydrogen) atoms. The number of piperidine rings is 1. The van der Waals surface area contributed by atoms with Crippen molar-refractivity contribution in [3.8, 4) is 0 Å². The second kappa shape index (κ2) is 5.36. The van der Waals surface area contributed by atoms with Crippen LogP contribution in [-0.4, -0.2) is 25.7 Å². The van der Waals surface area contributed by atoms with Crippen LogP contribution in [0.5, 0.6) is 0 Å². The molecule has 0 saturated carbocycles. The molecule has 2 unspecified atom stereocenters. The zero-order valence-corrected chi connectivity index (χ0v) is 10.8. The van der Waals surface area contributed by atoms with Crippen molar-refractivity contribution >= 4 is 5.69 Å². The van der Waals surface area contributed by atoms with Crippen molar-refractivity contribution in [2.45, 2.75) is 31.8 Å². The van der Waals surface area contributed by atoms with E-state index in [-0.39, 0.29) is 18.2 Å². The summed E-state index contributed by atoms with van der Waals surface area (Å²) in [4.78, 5) is 1.39. The van der Waals surface area contributed by atoms with Crippen LogP contribution in [0.3, 0.4) is 0 Å². The van der Waals surface area contributed by atoms with Crippen LogP contribution in [0.2, 0.25) is 0 Å². The smallest absolute Gasteiger partial charge is 0.185 e. The van der Waals surface area contributed by atoms with Gasteiger partial charge in [0, 0.05) is 24.7 Å². The highest BCUT2D eigenvalue weighted by Crippen LogP contribution is 2.32. The van der Waals surface area contributed by atoms with Gasteiger partial charge in [0.25, 0.3) is 0 Å². The van der Waals surface area contributed by atoms with Crippen molar-refractivity contribution in [2.75, 3.05) is 18.5 Å². The van der Waals surface area contributed by atoms with E-state index in [1.54, 1.807) is 6.92 Å². The Morgan fingerprint density at radius 1 is 1.16 bits per heavy atom. The van der Waals surface area contributed by atoms with E-state index in [9.17, 15) is 17.6 Å². The monoisotopic (exact) mass is 276 g/mol. The molecule has 1 N–H and O–H groups in total. The first-order chi connectivity index (χ1) is 8.95. The van der Waals surface area contributed by atoms with Gasteiger partial charge in [0.2, 0.25) is 0 Å². The Bertz CT molecular complexity index is 452. The maximum Gasteiger partial charge on any atom is 0.185 e. The van der Waals surface area contributed by atoms with Crippen LogP contribution in [0.15, 0.2) is 6.07 Å². The molecule has 1 aliphatic rings. The van der Waals surface area contributed by atoms with Crippen molar-refractivity contribution in [3.05, 3.63) is 29.3 Å². The van der Waals surface area contributed by atoms with Crippen molar-refractivity contribution in [3.63, 3.8) is 0 Å². The zero-order valence-electron chi connectivity index (χ0n) is 10.8. The third-order valence-corrected chi connectivity index (χ3v) is 3.66. The second-order valence-electron chi connectivity index (χ2n) is 4.87. The van der Waals surface area contributed by atoms with Crippen LogP contribution in [0.1, 0.15) is 19.8 Å². The molecule has 106 valence electrons. The summed E-state index contributed by atoms with van der Waals surface area (Å²) >= 11 is 0. The summed E-state index contributed by atoms with van der Waals surface area (Å²) < 4.78 is 53.9. The SMILES string of the molecule is CNC1CCN(c2c(F)c(F)cc(F)c2F)C(C)C1. The van der Waals surface area contributed by atoms with Gasteiger partial charge in [0.15, 0.2) is 23.3 Å². The molecule has 2 rings (SSSR count). The number of nitrogens with one attached hydrogen (secondary N) is 1. The predicted octanol–water partition coefficient (Wildman–Crippen LogP) is 2.82. The highest BCUT2D eigenvalue weighted by Gasteiger charge is 2.31. The molecule has 0 bridgehead atoms. The molecular formula is C13H16F4N2. The Morgan fingerprint density at radius 2 is 1.74 bits per heavy atom. The fourth-order valence-corrected chi connectivity index (χ4v) is 2.58. The molecular weight excluding hydrogens is 260 g/mol. The van der Waals surface area contributed by atoms with Crippen LogP contribution in [0.25, 0.3) is 0 Å². The molecule has 1 aromatic rings. The van der Waals surface area contributed by atoms with Crippen molar-refractivity contribution in [1.29, 1.82) is 0 Å². The molecule has 1 fully saturated rings. The third kappa shape index (κ3) is 2.54. The summed E-state index contributed by atoms with van der Waals surface area (Å²) in [7, 11) is 1.82. The molecule has 0 spiro atoms. The highest BCUT2D eigenvalue weighted by molar-refractivity contribution is 5.51. The Hall–Kier alpha value is -1.30. The summed E-state index contributed by atoms with van der Waals surface area (Å²) in [6, 6.07) is 0.284. The van der Waals surface area contributed by atoms with Gasteiger partial charge in [0.1, 0.15) is 5.69 Å². The lowest BCUT2D eigenvalue weighted by atomic mass is 9.97. The molecule has 1 aromatic carbocycles. The summed E-state index contributed by atoms with van der Waals surface area (Å²) in [6.45, 7) is 2.13. The van der Waals surface area contributed by atoms with Crippen LogP contribution < -0.4 is 10.2 Å². The van der Waals surface area contributed by atoms with E-state index in [4.69, 9.17) is 0 Å². The Labute approximate surface area is 109 Å². The van der Waals surface area contributed by atoms with Crippen molar-refractivity contribution < 1.29 is 17.6 Å². The van der Waals surface area contributed by atoms with Gasteiger partial charge in [-0.1, -0.05) is 0 Å². The lowest BCUT2D eigenvalue weighted by Crippen LogP contribution is -2.47. The molecule has 0 aliphatic carbocycles. The molecule has 0 radical (unpaired) electrons. The van der Waals surface area contributed by atoms with Gasteiger partial charge in [-0.25, -0.2) is 17.6 Å². The van der Waals surface area contributed by atoms with Gasteiger partial charge in [-0.05, 0) is 26.8 Å². The van der Waals surface area contributed by atoms with E-state index in [1.165, 1.54) is 4.90 Å². The fraction of sp³-hybridized carbons (Fsp3) is 0.538. The zero-order chi connectivity index (χ0) is 14.2. The highest BCUT2D eigenvalue weighted by atomic mass is 19.2. The minimum atomic E-state index is -1.36. The van der Waals surface area contributed by atoms with Crippen LogP contribution in [0.4, 0.5) is 23.2 Å². The first-order valence-electron chi connectivity index (χ1n) is 6.22. The van der Waals surface area contributed by atoms with Gasteiger partial charge >= 0.3 is 0 Å². The van der Waals surface area contributed by atoms with Crippen molar-refractivity contribution in [2.24, 2.45) is 0 Å². The Morgan fingerprint density at radius 3 is 2.21 bits per heavy atom. The van der Waals surface area contributed by atoms with E-state index in [0.717, 1.165) is 0 Å². The number of hydrogen-bond acceptors (Lipinski definition) is 2. The summed E-state index contributed by atoms with van der Waals surface area (Å²) in [5.41, 5.74) is -0.598. The lowest BCUT2D eigenvalue weighted by molar-refractivity contribution is 0.373. The number of hydrogen-bond donors (Lipinski definition) is 1. The van der Waals surface area contributed by atoms with E-state index < -0.39 is 29.0 Å². The normalized spacial score (nSPS) is 23.8. The summed E-state index contributed by atoms with van der Waals surface area (Å²) in [5, 5.41) is 3.10. The lowest BCUT2D eigenvalue weighted by Gasteiger charge is -2.39. The maximum atomic E-state index is 13.7. The number of halogens is 4. The number of nitrogens with zero attached hydrogens (tertiary/aromatic N) is 1. The topological polar surface area (TPSA) is 15.3 Å². The number of benzene rings is 1. The Kier molecular flexibility index (Phi) is 3.99. The van der Waals surface area contributed by atoms with E-state index in [2.05, 4.69) is 5.32 Å². The largest absolute Gasteiger partial charge is 0.364 e. The van der Waals surface area contributed by atoms with Gasteiger partial charge < -0.3 is 10.2 Å². The maximum absolute atomic E-state index is 13.7. The standard InChI is InChI=1S/C13H16F4N2/c1-7-5-8(18-2)3-4-19(7)13-11(16)9(14)6-10(15)12(13)17/h6-8,18H,3-5H2,1-2H3. The predicted molar refractivity (Wildman–Crippen MR) is 65.2 cm³/mol. The summed E-state index contributed by atoms with van der Waals surface area (Å²) in [5.74, 6) is -5.38. The number of rotatable bonds is 2. The summed E-state index contributed by atoms with van der Waals surface area (Å²) in [6.07, 6.45) is 1.32. The Balaban J connectivity index is 2.37. The first-order valence-corrected chi connectivity index (χ1v) is 6.22. The molecule has 1 heterocycles. The molecule has 1 aliphatic heterocycles. The minimum Gasteiger partial charge on any atom is -0.364 e. The van der Waals surface area contributed by atoms with Crippen molar-refractivity contribution in [1.82, 2.24) is 5.32 Å². The quantitative estimate of drug-likeness (QED) is 0.660. The molecule has 6 heteroatoms. The average Bonchev–Trinajstić information content (AvgIpc) is 2.38. The van der Waals surface area contributed by atoms with E-state index in [1.807, 2.05) is 7.05 Å². The van der Waals surface area contributed by atoms with Gasteiger partial charge in [-0.3, -0.25) is 0 Å². The molecule has 0 amide bonds. The average molecular weight is 276 g/mol. The van der Waals surface area contributed by atoms with Crippen LogP contribution in [-0.2, 0) is 0 Å². The number of anilines is 1. The van der Waals surface area contributed by atoms with Gasteiger partial charge in [-0.2, -0.15) is 0 Å². The fourth-order valence-electron chi connectivity index (χ4n) is 2.58. The minimum absolute atomic E-state index is 0.198. The van der Waals surface area contributed by atoms with E-state index >= 15 is 0 Å². The molecule has 1 saturated heterocycles. The molecule has 2 nitrogen and oxygen atoms in total. The van der Waals surface area contributed by atoms with Crippen LogP contribution in [0, 0.1) is 23.3 Å². The van der Waals surface area contributed by atoms with Crippen LogP contribution >= 0.6 is 0 Å². The second-order valence-corrected chi connectivity index (χ2v) is 4.87. The third-order valence-electron chi connectivity index (χ3n) is 3.66. The molecule has 0 aromatic heterocycles. The van der Waals surface area contributed by atoms with Gasteiger partial charge in [-0.15, -0.1) is 0 Å². The first kappa shape index (κ1) is 14.1. The van der Waals surface area contributed by atoms with Gasteiger partial charge in [0.05, 0.1) is 0 Å². The van der Waals surface area contributed by atoms with E-state index in [0.29, 0.717) is 19.4 Å².